The van der Waals surface area contributed by atoms with Gasteiger partial charge in [-0.15, -0.1) is 0 Å². The molecule has 0 radical (unpaired) electrons. The molecular weight excluding hydrogens is 464 g/mol. The van der Waals surface area contributed by atoms with E-state index < -0.39 is 5.69 Å². The van der Waals surface area contributed by atoms with Gasteiger partial charge in [-0.25, -0.2) is 9.79 Å². The lowest BCUT2D eigenvalue weighted by Crippen LogP contribution is -2.28. The van der Waals surface area contributed by atoms with E-state index in [1.165, 1.54) is 0 Å². The van der Waals surface area contributed by atoms with Crippen molar-refractivity contribution in [3.63, 3.8) is 0 Å². The first-order valence-electron chi connectivity index (χ1n) is 9.74. The number of nitrogens with one attached hydrogen (secondary N) is 2. The van der Waals surface area contributed by atoms with Crippen molar-refractivity contribution in [3.8, 4) is 5.88 Å². The molecule has 1 saturated carbocycles. The molecule has 1 aromatic carbocycles. The summed E-state index contributed by atoms with van der Waals surface area (Å²) in [7, 11) is 1.92. The first kappa shape index (κ1) is 19.5. The van der Waals surface area contributed by atoms with Crippen LogP contribution in [0.15, 0.2) is 44.7 Å². The number of fused-ring (bicyclic) bond motifs is 1. The third kappa shape index (κ3) is 4.08. The average Bonchev–Trinajstić information content (AvgIpc) is 3.38. The van der Waals surface area contributed by atoms with Gasteiger partial charge in [-0.3, -0.25) is 4.98 Å². The number of anilines is 1. The first-order valence-corrected chi connectivity index (χ1v) is 10.5. The molecule has 0 spiro atoms. The number of benzene rings is 1. The Balaban J connectivity index is 1.62. The van der Waals surface area contributed by atoms with E-state index >= 15 is 0 Å². The monoisotopic (exact) mass is 482 g/mol. The van der Waals surface area contributed by atoms with Gasteiger partial charge in [0.15, 0.2) is 5.65 Å². The molecule has 0 bridgehead atoms. The minimum absolute atomic E-state index is 0.242. The van der Waals surface area contributed by atoms with Gasteiger partial charge in [-0.2, -0.15) is 19.6 Å². The average molecular weight is 483 g/mol. The largest absolute Gasteiger partial charge is 0.493 e. The molecule has 3 heterocycles. The minimum atomic E-state index is -0.491. The van der Waals surface area contributed by atoms with Crippen LogP contribution in [0.5, 0.6) is 5.88 Å². The highest BCUT2D eigenvalue weighted by Crippen LogP contribution is 2.22. The SMILES string of the molecule is CN(Cc1ccc(Br)cc1)c1nc(=NC2CC2)n2ncc(=Cc3[nH]c(=O)[nH]c3O)c2n1. The van der Waals surface area contributed by atoms with Gasteiger partial charge >= 0.3 is 5.69 Å². The van der Waals surface area contributed by atoms with Crippen molar-refractivity contribution in [1.29, 1.82) is 0 Å². The number of rotatable bonds is 5. The molecule has 0 unspecified atom stereocenters. The Kier molecular flexibility index (Phi) is 4.81. The van der Waals surface area contributed by atoms with E-state index in [0.29, 0.717) is 29.0 Å². The number of aromatic amines is 2. The van der Waals surface area contributed by atoms with Gasteiger partial charge in [0.1, 0.15) is 5.69 Å². The molecular formula is C20H19BrN8O2. The van der Waals surface area contributed by atoms with Crippen molar-refractivity contribution < 1.29 is 5.11 Å². The van der Waals surface area contributed by atoms with Crippen LogP contribution in [0.3, 0.4) is 0 Å². The molecule has 0 amide bonds. The third-order valence-electron chi connectivity index (χ3n) is 4.92. The molecule has 31 heavy (non-hydrogen) atoms. The summed E-state index contributed by atoms with van der Waals surface area (Å²) in [5, 5.41) is 14.9. The van der Waals surface area contributed by atoms with Crippen molar-refractivity contribution in [1.82, 2.24) is 29.5 Å². The lowest BCUT2D eigenvalue weighted by Gasteiger charge is -2.17. The zero-order valence-electron chi connectivity index (χ0n) is 16.6. The van der Waals surface area contributed by atoms with Crippen molar-refractivity contribution in [2.24, 2.45) is 4.99 Å². The molecule has 1 aliphatic rings. The predicted molar refractivity (Wildman–Crippen MR) is 117 cm³/mol. The van der Waals surface area contributed by atoms with Crippen molar-refractivity contribution in [2.45, 2.75) is 25.4 Å². The van der Waals surface area contributed by atoms with Crippen molar-refractivity contribution in [2.75, 3.05) is 11.9 Å². The van der Waals surface area contributed by atoms with Crippen LogP contribution in [0.4, 0.5) is 5.95 Å². The maximum Gasteiger partial charge on any atom is 0.326 e. The Morgan fingerprint density at radius 3 is 2.74 bits per heavy atom. The lowest BCUT2D eigenvalue weighted by molar-refractivity contribution is 0.454. The molecule has 0 atom stereocenters. The van der Waals surface area contributed by atoms with Gasteiger partial charge in [-0.05, 0) is 36.6 Å². The topological polar surface area (TPSA) is 128 Å². The Hall–Kier alpha value is -3.47. The number of H-pyrrole nitrogens is 2. The van der Waals surface area contributed by atoms with Gasteiger partial charge in [0, 0.05) is 23.3 Å². The molecule has 1 aliphatic carbocycles. The minimum Gasteiger partial charge on any atom is -0.493 e. The van der Waals surface area contributed by atoms with Crippen LogP contribution in [0.1, 0.15) is 24.1 Å². The smallest absolute Gasteiger partial charge is 0.326 e. The Labute approximate surface area is 184 Å². The summed E-state index contributed by atoms with van der Waals surface area (Å²) in [4.78, 5) is 32.3. The van der Waals surface area contributed by atoms with Crippen LogP contribution >= 0.6 is 15.9 Å². The highest BCUT2D eigenvalue weighted by molar-refractivity contribution is 9.10. The third-order valence-corrected chi connectivity index (χ3v) is 5.45. The summed E-state index contributed by atoms with van der Waals surface area (Å²) in [6.07, 6.45) is 5.30. The molecule has 0 saturated heterocycles. The molecule has 158 valence electrons. The summed E-state index contributed by atoms with van der Waals surface area (Å²) in [6, 6.07) is 8.32. The molecule has 5 rings (SSSR count). The fourth-order valence-corrected chi connectivity index (χ4v) is 3.44. The summed E-state index contributed by atoms with van der Waals surface area (Å²) in [5.74, 6) is 0.269. The second-order valence-electron chi connectivity index (χ2n) is 7.49. The molecule has 0 aliphatic heterocycles. The Morgan fingerprint density at radius 1 is 1.29 bits per heavy atom. The van der Waals surface area contributed by atoms with Crippen LogP contribution in [0, 0.1) is 0 Å². The quantitative estimate of drug-likeness (QED) is 0.387. The Bertz CT molecular complexity index is 1430. The number of hydrogen-bond donors (Lipinski definition) is 3. The van der Waals surface area contributed by atoms with Crippen LogP contribution in [-0.2, 0) is 6.54 Å². The van der Waals surface area contributed by atoms with Gasteiger partial charge < -0.3 is 15.0 Å². The second-order valence-corrected chi connectivity index (χ2v) is 8.40. The van der Waals surface area contributed by atoms with E-state index in [2.05, 4.69) is 36.0 Å². The summed E-state index contributed by atoms with van der Waals surface area (Å²) < 4.78 is 2.61. The highest BCUT2D eigenvalue weighted by Gasteiger charge is 2.21. The molecule has 3 N–H and O–H groups in total. The second kappa shape index (κ2) is 7.65. The van der Waals surface area contributed by atoms with E-state index in [1.807, 2.05) is 36.2 Å². The zero-order chi connectivity index (χ0) is 21.5. The Morgan fingerprint density at radius 2 is 2.06 bits per heavy atom. The van der Waals surface area contributed by atoms with E-state index in [0.717, 1.165) is 22.9 Å². The maximum atomic E-state index is 11.5. The fraction of sp³-hybridized carbons (Fsp3) is 0.250. The zero-order valence-corrected chi connectivity index (χ0v) is 18.2. The van der Waals surface area contributed by atoms with E-state index in [-0.39, 0.29) is 17.6 Å². The lowest BCUT2D eigenvalue weighted by atomic mass is 10.2. The molecule has 4 aromatic rings. The summed E-state index contributed by atoms with van der Waals surface area (Å²) >= 11 is 3.45. The van der Waals surface area contributed by atoms with Gasteiger partial charge in [0.2, 0.25) is 11.8 Å². The summed E-state index contributed by atoms with van der Waals surface area (Å²) in [6.45, 7) is 0.616. The van der Waals surface area contributed by atoms with Crippen molar-refractivity contribution >= 4 is 33.6 Å². The number of imidazole rings is 1. The summed E-state index contributed by atoms with van der Waals surface area (Å²) in [5.41, 5.74) is 1.90. The van der Waals surface area contributed by atoms with Gasteiger partial charge in [0.05, 0.1) is 12.2 Å². The van der Waals surface area contributed by atoms with Gasteiger partial charge in [-0.1, -0.05) is 28.1 Å². The van der Waals surface area contributed by atoms with Crippen molar-refractivity contribution in [3.05, 3.63) is 67.5 Å². The van der Waals surface area contributed by atoms with Crippen LogP contribution in [0.2, 0.25) is 0 Å². The standard InChI is InChI=1S/C20H19BrN8O2/c1-28(10-11-2-4-13(21)5-3-11)18-25-16-12(8-15-17(30)26-20(31)24-15)9-22-29(16)19(27-18)23-14-6-7-14/h2-5,8-9,14,30H,6-7,10H2,1H3,(H2,24,26,31). The van der Waals surface area contributed by atoms with E-state index in [4.69, 9.17) is 9.98 Å². The fourth-order valence-electron chi connectivity index (χ4n) is 3.17. The maximum absolute atomic E-state index is 11.5. The number of nitrogens with zero attached hydrogens (tertiary/aromatic N) is 6. The van der Waals surface area contributed by atoms with Crippen LogP contribution in [0.25, 0.3) is 11.7 Å². The normalized spacial score (nSPS) is 15.2. The molecule has 3 aromatic heterocycles. The first-order chi connectivity index (χ1) is 15.0. The van der Waals surface area contributed by atoms with Gasteiger partial charge in [0.25, 0.3) is 5.62 Å². The highest BCUT2D eigenvalue weighted by atomic mass is 79.9. The number of aromatic hydroxyl groups is 1. The molecule has 10 nitrogen and oxygen atoms in total. The van der Waals surface area contributed by atoms with Crippen LogP contribution < -0.4 is 21.4 Å². The predicted octanol–water partition coefficient (Wildman–Crippen LogP) is 0.856. The number of aromatic nitrogens is 6. The van der Waals surface area contributed by atoms with E-state index in [1.54, 1.807) is 16.8 Å². The molecule has 11 heteroatoms. The molecule has 1 fully saturated rings. The van der Waals surface area contributed by atoms with Crippen LogP contribution in [-0.4, -0.2) is 47.7 Å². The number of hydrogen-bond acceptors (Lipinski definition) is 7. The number of halogens is 1. The van der Waals surface area contributed by atoms with E-state index in [9.17, 15) is 9.90 Å².